The highest BCUT2D eigenvalue weighted by Crippen LogP contribution is 2.18. The molecule has 5 heterocycles. The molecule has 0 fully saturated rings. The summed E-state index contributed by atoms with van der Waals surface area (Å²) in [5, 5.41) is 0. The first-order chi connectivity index (χ1) is 11.2. The van der Waals surface area contributed by atoms with Crippen molar-refractivity contribution in [3.05, 3.63) is 65.1 Å². The van der Waals surface area contributed by atoms with Crippen molar-refractivity contribution in [2.45, 2.75) is 19.8 Å². The minimum atomic E-state index is 0.202. The van der Waals surface area contributed by atoms with Crippen molar-refractivity contribution in [3.8, 4) is 0 Å². The first-order valence-corrected chi connectivity index (χ1v) is 7.98. The van der Waals surface area contributed by atoms with Crippen LogP contribution in [0, 0.1) is 6.92 Å². The second-order valence-corrected chi connectivity index (χ2v) is 6.49. The maximum absolute atomic E-state index is 4.66. The van der Waals surface area contributed by atoms with Gasteiger partial charge >= 0.3 is 6.71 Å². The van der Waals surface area contributed by atoms with Gasteiger partial charge in [0.1, 0.15) is 19.0 Å². The average Bonchev–Trinajstić information content (AvgIpc) is 2.55. The van der Waals surface area contributed by atoms with Gasteiger partial charge in [0, 0.05) is 47.8 Å². The smallest absolute Gasteiger partial charge is 0.261 e. The lowest BCUT2D eigenvalue weighted by Gasteiger charge is -2.30. The summed E-state index contributed by atoms with van der Waals surface area (Å²) in [5.41, 5.74) is 10.1. The van der Waals surface area contributed by atoms with Gasteiger partial charge in [-0.3, -0.25) is 4.98 Å². The van der Waals surface area contributed by atoms with Crippen LogP contribution in [0.15, 0.2) is 36.9 Å². The zero-order valence-corrected chi connectivity index (χ0v) is 13.2. The summed E-state index contributed by atoms with van der Waals surface area (Å²) in [6.07, 6.45) is 7.45. The van der Waals surface area contributed by atoms with Crippen LogP contribution < -0.4 is 21.1 Å². The molecule has 0 atom stereocenters. The number of hydrogen-bond donors (Lipinski definition) is 0. The molecule has 0 unspecified atom stereocenters. The van der Waals surface area contributed by atoms with Crippen molar-refractivity contribution in [3.63, 3.8) is 0 Å². The fourth-order valence-corrected chi connectivity index (χ4v) is 4.23. The highest BCUT2D eigenvalue weighted by atomic mass is 14.9. The van der Waals surface area contributed by atoms with E-state index >= 15 is 0 Å². The highest BCUT2D eigenvalue weighted by Gasteiger charge is 2.44. The van der Waals surface area contributed by atoms with Gasteiger partial charge in [0.25, 0.3) is 0 Å². The van der Waals surface area contributed by atoms with E-state index < -0.39 is 0 Å². The Morgan fingerprint density at radius 1 is 1.00 bits per heavy atom. The Labute approximate surface area is 135 Å². The van der Waals surface area contributed by atoms with E-state index in [1.54, 1.807) is 6.33 Å². The molecule has 3 aromatic rings. The molecule has 0 bridgehead atoms. The van der Waals surface area contributed by atoms with Crippen LogP contribution in [0.1, 0.15) is 28.2 Å². The van der Waals surface area contributed by atoms with E-state index in [1.807, 2.05) is 6.20 Å². The molecule has 5 rings (SSSR count). The van der Waals surface area contributed by atoms with Gasteiger partial charge in [0.05, 0.1) is 0 Å². The van der Waals surface area contributed by atoms with Crippen LogP contribution in [0.4, 0.5) is 0 Å². The fourth-order valence-electron chi connectivity index (χ4n) is 4.23. The Morgan fingerprint density at radius 2 is 1.78 bits per heavy atom. The van der Waals surface area contributed by atoms with E-state index in [0.29, 0.717) is 0 Å². The Balaban J connectivity index is 1.91. The molecular weight excluding hydrogens is 283 g/mol. The third-order valence-electron chi connectivity index (χ3n) is 5.20. The molecule has 0 aliphatic carbocycles. The molecule has 110 valence electrons. The van der Waals surface area contributed by atoms with Crippen LogP contribution >= 0.6 is 0 Å². The van der Waals surface area contributed by atoms with Crippen LogP contribution in [0.2, 0.25) is 0 Å². The number of hydrogen-bond acceptors (Lipinski definition) is 3. The van der Waals surface area contributed by atoms with Gasteiger partial charge < -0.3 is 0 Å². The molecule has 3 aromatic heterocycles. The van der Waals surface area contributed by atoms with Crippen LogP contribution in [0.3, 0.4) is 0 Å². The Bertz CT molecular complexity index is 861. The molecule has 23 heavy (non-hydrogen) atoms. The summed E-state index contributed by atoms with van der Waals surface area (Å²) in [4.78, 5) is 13.8. The number of pyridine rings is 2. The van der Waals surface area contributed by atoms with Gasteiger partial charge in [-0.15, -0.1) is 0 Å². The van der Waals surface area contributed by atoms with E-state index in [4.69, 9.17) is 0 Å². The Hall–Kier alpha value is -2.56. The summed E-state index contributed by atoms with van der Waals surface area (Å²) in [7, 11) is 2.13. The number of aryl methyl sites for hydroxylation is 2. The summed E-state index contributed by atoms with van der Waals surface area (Å²) in [5.74, 6) is 0. The Kier molecular flexibility index (Phi) is 2.52. The lowest BCUT2D eigenvalue weighted by Crippen LogP contribution is -2.70. The minimum absolute atomic E-state index is 0.202. The third kappa shape index (κ3) is 1.67. The topological polar surface area (TPSA) is 42.6 Å². The van der Waals surface area contributed by atoms with E-state index in [0.717, 1.165) is 24.2 Å². The van der Waals surface area contributed by atoms with Crippen LogP contribution in [-0.2, 0) is 19.9 Å². The molecule has 0 N–H and O–H groups in total. The van der Waals surface area contributed by atoms with Crippen LogP contribution in [0.5, 0.6) is 0 Å². The molecule has 0 saturated heterocycles. The summed E-state index contributed by atoms with van der Waals surface area (Å²) < 4.78 is 2.25. The first kappa shape index (κ1) is 12.9. The predicted octanol–water partition coefficient (Wildman–Crippen LogP) is -0.671. The highest BCUT2D eigenvalue weighted by molar-refractivity contribution is 6.96. The molecule has 0 spiro atoms. The molecule has 0 saturated carbocycles. The monoisotopic (exact) mass is 299 g/mol. The average molecular weight is 299 g/mol. The van der Waals surface area contributed by atoms with Crippen molar-refractivity contribution in [2.75, 3.05) is 0 Å². The fraction of sp³-hybridized carbons (Fsp3) is 0.222. The van der Waals surface area contributed by atoms with Gasteiger partial charge in [-0.1, -0.05) is 5.56 Å². The van der Waals surface area contributed by atoms with Crippen molar-refractivity contribution < 1.29 is 4.57 Å². The van der Waals surface area contributed by atoms with Gasteiger partial charge in [0.2, 0.25) is 0 Å². The molecule has 0 radical (unpaired) electrons. The SMILES string of the molecule is Cc1ccnc2c1B1c3c(ncnc3C2)Cc2ccc[n+](C)c21. The Morgan fingerprint density at radius 3 is 2.65 bits per heavy atom. The van der Waals surface area contributed by atoms with Crippen molar-refractivity contribution in [2.24, 2.45) is 7.05 Å². The van der Waals surface area contributed by atoms with E-state index in [1.165, 1.54) is 33.3 Å². The standard InChI is InChI=1S/C18H16BN4/c1-11-5-6-20-14-9-15-17-13(21-10-22-15)8-12-4-3-7-23(2)18(12)19(17)16(11)14/h3-7,10H,8-9H2,1-2H3/q+1. The maximum atomic E-state index is 4.66. The zero-order chi connectivity index (χ0) is 15.6. The van der Waals surface area contributed by atoms with E-state index in [9.17, 15) is 0 Å². The minimum Gasteiger partial charge on any atom is -0.261 e. The third-order valence-corrected chi connectivity index (χ3v) is 5.20. The number of nitrogens with zero attached hydrogens (tertiary/aromatic N) is 4. The number of aromatic nitrogens is 4. The molecule has 5 heteroatoms. The second kappa shape index (κ2) is 4.48. The van der Waals surface area contributed by atoms with E-state index in [2.05, 4.69) is 57.9 Å². The molecule has 4 nitrogen and oxygen atoms in total. The first-order valence-electron chi connectivity index (χ1n) is 7.98. The quantitative estimate of drug-likeness (QED) is 0.281. The lowest BCUT2D eigenvalue weighted by molar-refractivity contribution is -0.654. The van der Waals surface area contributed by atoms with Crippen molar-refractivity contribution in [1.82, 2.24) is 15.0 Å². The molecular formula is C18H16BN4+. The van der Waals surface area contributed by atoms with Crippen molar-refractivity contribution in [1.29, 1.82) is 0 Å². The summed E-state index contributed by atoms with van der Waals surface area (Å²) >= 11 is 0. The maximum Gasteiger partial charge on any atom is 0.331 e. The van der Waals surface area contributed by atoms with Crippen LogP contribution in [-0.4, -0.2) is 21.7 Å². The zero-order valence-electron chi connectivity index (χ0n) is 13.2. The van der Waals surface area contributed by atoms with Gasteiger partial charge in [0.15, 0.2) is 6.20 Å². The number of rotatable bonds is 0. The summed E-state index contributed by atoms with van der Waals surface area (Å²) in [6, 6.07) is 6.45. The second-order valence-electron chi connectivity index (χ2n) is 6.49. The van der Waals surface area contributed by atoms with Crippen LogP contribution in [0.25, 0.3) is 0 Å². The van der Waals surface area contributed by atoms with Gasteiger partial charge in [-0.05, 0) is 30.0 Å². The van der Waals surface area contributed by atoms with Gasteiger partial charge in [-0.25, -0.2) is 14.5 Å². The normalized spacial score (nSPS) is 14.1. The van der Waals surface area contributed by atoms with E-state index in [-0.39, 0.29) is 6.71 Å². The molecule has 0 aromatic carbocycles. The molecule has 2 aliphatic heterocycles. The summed E-state index contributed by atoms with van der Waals surface area (Å²) in [6.45, 7) is 2.39. The van der Waals surface area contributed by atoms with Crippen molar-refractivity contribution >= 4 is 23.2 Å². The lowest BCUT2D eigenvalue weighted by atomic mass is 9.32. The molecule has 2 aliphatic rings. The predicted molar refractivity (Wildman–Crippen MR) is 88.9 cm³/mol. The number of fused-ring (bicyclic) bond motifs is 4. The largest absolute Gasteiger partial charge is 0.331 e. The van der Waals surface area contributed by atoms with Gasteiger partial charge in [-0.2, -0.15) is 0 Å². The molecule has 0 amide bonds.